The van der Waals surface area contributed by atoms with Crippen LogP contribution in [0.2, 0.25) is 5.02 Å². The fraction of sp³-hybridized carbons (Fsp3) is 0. The molecule has 5 aromatic rings. The van der Waals surface area contributed by atoms with Gasteiger partial charge in [0, 0.05) is 5.39 Å². The number of H-pyrrole nitrogens is 1. The Morgan fingerprint density at radius 3 is 2.52 bits per heavy atom. The molecule has 0 amide bonds. The molecule has 0 saturated carbocycles. The quantitative estimate of drug-likeness (QED) is 0.390. The van der Waals surface area contributed by atoms with Crippen molar-refractivity contribution in [2.24, 2.45) is 0 Å². The van der Waals surface area contributed by atoms with Crippen LogP contribution in [-0.2, 0) is 0 Å². The van der Waals surface area contributed by atoms with Gasteiger partial charge in [-0.15, -0.1) is 0 Å². The number of nitrogens with zero attached hydrogens (tertiary/aromatic N) is 3. The van der Waals surface area contributed by atoms with Crippen LogP contribution < -0.4 is 0 Å². The van der Waals surface area contributed by atoms with Crippen LogP contribution in [-0.4, -0.2) is 15.0 Å². The van der Waals surface area contributed by atoms with Gasteiger partial charge < -0.3 is 4.98 Å². The number of nitrogens with one attached hydrogen (secondary N) is 1. The number of imidazole rings is 1. The highest BCUT2D eigenvalue weighted by atomic mass is 35.5. The molecule has 0 bridgehead atoms. The lowest BCUT2D eigenvalue weighted by molar-refractivity contribution is 0.630. The summed E-state index contributed by atoms with van der Waals surface area (Å²) in [6, 6.07) is 22.3. The number of aromatic amines is 1. The second kappa shape index (κ2) is 6.69. The van der Waals surface area contributed by atoms with E-state index in [4.69, 9.17) is 11.6 Å². The first-order chi connectivity index (χ1) is 14.2. The molecule has 4 nitrogen and oxygen atoms in total. The Kier molecular flexibility index (Phi) is 4.01. The minimum atomic E-state index is -0.487. The van der Waals surface area contributed by atoms with Crippen molar-refractivity contribution >= 4 is 33.5 Å². The van der Waals surface area contributed by atoms with Crippen molar-refractivity contribution in [3.63, 3.8) is 0 Å². The molecule has 0 aliphatic carbocycles. The summed E-state index contributed by atoms with van der Waals surface area (Å²) in [5, 5.41) is 10.6. The van der Waals surface area contributed by atoms with Gasteiger partial charge in [0.2, 0.25) is 0 Å². The van der Waals surface area contributed by atoms with Crippen LogP contribution in [0.3, 0.4) is 0 Å². The van der Waals surface area contributed by atoms with E-state index in [1.165, 1.54) is 12.1 Å². The van der Waals surface area contributed by atoms with E-state index in [2.05, 4.69) is 21.0 Å². The molecule has 0 aliphatic heterocycles. The van der Waals surface area contributed by atoms with Crippen molar-refractivity contribution in [2.75, 3.05) is 0 Å². The highest BCUT2D eigenvalue weighted by molar-refractivity contribution is 6.33. The van der Waals surface area contributed by atoms with E-state index in [1.807, 2.05) is 48.5 Å². The Labute approximate surface area is 170 Å². The Morgan fingerprint density at radius 1 is 0.931 bits per heavy atom. The topological polar surface area (TPSA) is 65.4 Å². The number of benzene rings is 3. The molecular formula is C23H12ClFN4. The molecule has 0 atom stereocenters. The lowest BCUT2D eigenvalue weighted by Crippen LogP contribution is -1.89. The minimum absolute atomic E-state index is 0.170. The first kappa shape index (κ1) is 17.4. The number of fused-ring (bicyclic) bond motifs is 3. The van der Waals surface area contributed by atoms with E-state index >= 15 is 0 Å². The van der Waals surface area contributed by atoms with Crippen molar-refractivity contribution in [2.45, 2.75) is 0 Å². The minimum Gasteiger partial charge on any atom is -0.335 e. The van der Waals surface area contributed by atoms with E-state index in [1.54, 1.807) is 6.07 Å². The lowest BCUT2D eigenvalue weighted by atomic mass is 10.0. The molecule has 138 valence electrons. The highest BCUT2D eigenvalue weighted by Gasteiger charge is 2.18. The van der Waals surface area contributed by atoms with Gasteiger partial charge in [0.05, 0.1) is 16.1 Å². The van der Waals surface area contributed by atoms with E-state index < -0.39 is 5.82 Å². The molecule has 0 saturated heterocycles. The summed E-state index contributed by atoms with van der Waals surface area (Å²) in [6.07, 6.45) is 0. The molecule has 29 heavy (non-hydrogen) atoms. The van der Waals surface area contributed by atoms with E-state index in [9.17, 15) is 9.65 Å². The Balaban J connectivity index is 1.79. The monoisotopic (exact) mass is 398 g/mol. The summed E-state index contributed by atoms with van der Waals surface area (Å²) in [4.78, 5) is 12.1. The third-order valence-corrected chi connectivity index (χ3v) is 5.15. The molecule has 0 spiro atoms. The van der Waals surface area contributed by atoms with Gasteiger partial charge in [0.15, 0.2) is 5.69 Å². The molecule has 2 heterocycles. The van der Waals surface area contributed by atoms with Gasteiger partial charge in [-0.2, -0.15) is 5.26 Å². The fourth-order valence-corrected chi connectivity index (χ4v) is 3.73. The molecule has 0 fully saturated rings. The summed E-state index contributed by atoms with van der Waals surface area (Å²) in [5.74, 6) is -0.222. The van der Waals surface area contributed by atoms with Gasteiger partial charge >= 0.3 is 0 Å². The summed E-state index contributed by atoms with van der Waals surface area (Å²) in [6.45, 7) is 0. The molecule has 5 rings (SSSR count). The molecule has 3 aromatic carbocycles. The standard InChI is InChI=1S/C23H12ClFN4/c24-16-7-4-8-17(25)20(16)23-28-21-15-10-9-14(13-5-2-1-3-6-13)11-18(15)27-19(12-26)22(21)29-23/h1-11H,(H,28,29). The zero-order valence-electron chi connectivity index (χ0n) is 14.9. The van der Waals surface area contributed by atoms with Crippen LogP contribution in [0.15, 0.2) is 66.7 Å². The molecule has 0 unspecified atom stereocenters. The predicted octanol–water partition coefficient (Wildman–Crippen LogP) is 6.11. The molecule has 0 radical (unpaired) electrons. The number of rotatable bonds is 2. The summed E-state index contributed by atoms with van der Waals surface area (Å²) >= 11 is 6.19. The van der Waals surface area contributed by atoms with Crippen LogP contribution in [0.5, 0.6) is 0 Å². The Morgan fingerprint density at radius 2 is 1.76 bits per heavy atom. The largest absolute Gasteiger partial charge is 0.335 e. The molecule has 1 N–H and O–H groups in total. The number of pyridine rings is 1. The average molecular weight is 399 g/mol. The number of hydrogen-bond acceptors (Lipinski definition) is 3. The number of hydrogen-bond donors (Lipinski definition) is 1. The maximum Gasteiger partial charge on any atom is 0.166 e. The van der Waals surface area contributed by atoms with Crippen LogP contribution in [0, 0.1) is 17.1 Å². The van der Waals surface area contributed by atoms with Crippen molar-refractivity contribution in [3.8, 4) is 28.6 Å². The normalized spacial score (nSPS) is 11.1. The van der Waals surface area contributed by atoms with Gasteiger partial charge in [-0.25, -0.2) is 14.4 Å². The second-order valence-corrected chi connectivity index (χ2v) is 6.98. The van der Waals surface area contributed by atoms with Crippen molar-refractivity contribution < 1.29 is 4.39 Å². The Bertz CT molecular complexity index is 1410. The summed E-state index contributed by atoms with van der Waals surface area (Å²) in [7, 11) is 0. The van der Waals surface area contributed by atoms with Crippen molar-refractivity contribution in [3.05, 3.63) is 83.3 Å². The maximum atomic E-state index is 14.4. The number of nitriles is 1. The summed E-state index contributed by atoms with van der Waals surface area (Å²) in [5.41, 5.74) is 4.07. The third-order valence-electron chi connectivity index (χ3n) is 4.84. The van der Waals surface area contributed by atoms with E-state index in [-0.39, 0.29) is 22.1 Å². The molecule has 0 aliphatic rings. The van der Waals surface area contributed by atoms with E-state index in [0.717, 1.165) is 16.5 Å². The lowest BCUT2D eigenvalue weighted by Gasteiger charge is -2.05. The van der Waals surface area contributed by atoms with Crippen molar-refractivity contribution in [1.82, 2.24) is 15.0 Å². The number of halogens is 2. The van der Waals surface area contributed by atoms with Crippen LogP contribution in [0.1, 0.15) is 5.69 Å². The SMILES string of the molecule is N#Cc1nc2cc(-c3ccccc3)ccc2c2nc(-c3c(F)cccc3Cl)[nH]c12. The smallest absolute Gasteiger partial charge is 0.166 e. The predicted molar refractivity (Wildman–Crippen MR) is 112 cm³/mol. The van der Waals surface area contributed by atoms with Crippen LogP contribution in [0.25, 0.3) is 44.5 Å². The van der Waals surface area contributed by atoms with Gasteiger partial charge in [-0.1, -0.05) is 54.1 Å². The number of aromatic nitrogens is 3. The van der Waals surface area contributed by atoms with E-state index in [0.29, 0.717) is 16.6 Å². The van der Waals surface area contributed by atoms with Crippen LogP contribution in [0.4, 0.5) is 4.39 Å². The Hall–Kier alpha value is -3.75. The van der Waals surface area contributed by atoms with Gasteiger partial charge in [-0.3, -0.25) is 0 Å². The first-order valence-electron chi connectivity index (χ1n) is 8.89. The zero-order chi connectivity index (χ0) is 20.0. The first-order valence-corrected chi connectivity index (χ1v) is 9.27. The van der Waals surface area contributed by atoms with Crippen LogP contribution >= 0.6 is 11.6 Å². The van der Waals surface area contributed by atoms with Gasteiger partial charge in [-0.05, 0) is 35.4 Å². The second-order valence-electron chi connectivity index (χ2n) is 6.58. The highest BCUT2D eigenvalue weighted by Crippen LogP contribution is 2.34. The molecule has 2 aromatic heterocycles. The average Bonchev–Trinajstić information content (AvgIpc) is 3.18. The zero-order valence-corrected chi connectivity index (χ0v) is 15.7. The molecule has 6 heteroatoms. The molecular weight excluding hydrogens is 387 g/mol. The maximum absolute atomic E-state index is 14.4. The summed E-state index contributed by atoms with van der Waals surface area (Å²) < 4.78 is 14.4. The third kappa shape index (κ3) is 2.82. The van der Waals surface area contributed by atoms with Gasteiger partial charge in [0.1, 0.15) is 28.7 Å². The fourth-order valence-electron chi connectivity index (χ4n) is 3.47. The van der Waals surface area contributed by atoms with Crippen molar-refractivity contribution in [1.29, 1.82) is 5.26 Å². The van der Waals surface area contributed by atoms with Gasteiger partial charge in [0.25, 0.3) is 0 Å².